The SMILES string of the molecule is CN=C(NCCCOC1CCOCC1)NCC(CO)c1ccccc1.I. The summed E-state index contributed by atoms with van der Waals surface area (Å²) in [6, 6.07) is 10.0. The molecule has 0 saturated carbocycles. The normalized spacial score (nSPS) is 16.6. The van der Waals surface area contributed by atoms with Crippen LogP contribution in [0.15, 0.2) is 35.3 Å². The predicted molar refractivity (Wildman–Crippen MR) is 115 cm³/mol. The topological polar surface area (TPSA) is 75.1 Å². The van der Waals surface area contributed by atoms with E-state index in [0.29, 0.717) is 12.6 Å². The summed E-state index contributed by atoms with van der Waals surface area (Å²) in [4.78, 5) is 4.23. The first-order chi connectivity index (χ1) is 12.3. The molecule has 1 unspecified atom stereocenters. The third-order valence-corrected chi connectivity index (χ3v) is 4.37. The van der Waals surface area contributed by atoms with Crippen LogP contribution >= 0.6 is 24.0 Å². The van der Waals surface area contributed by atoms with Crippen molar-refractivity contribution in [3.8, 4) is 0 Å². The number of guanidine groups is 1. The van der Waals surface area contributed by atoms with Crippen LogP contribution in [0.5, 0.6) is 0 Å². The van der Waals surface area contributed by atoms with Crippen LogP contribution in [0.3, 0.4) is 0 Å². The summed E-state index contributed by atoms with van der Waals surface area (Å²) in [5, 5.41) is 16.2. The van der Waals surface area contributed by atoms with E-state index in [0.717, 1.165) is 57.2 Å². The summed E-state index contributed by atoms with van der Waals surface area (Å²) in [6.45, 7) is 3.92. The van der Waals surface area contributed by atoms with Gasteiger partial charge in [-0.1, -0.05) is 30.3 Å². The minimum absolute atomic E-state index is 0. The van der Waals surface area contributed by atoms with Gasteiger partial charge in [-0.3, -0.25) is 4.99 Å². The van der Waals surface area contributed by atoms with E-state index in [-0.39, 0.29) is 36.5 Å². The Morgan fingerprint density at radius 3 is 2.65 bits per heavy atom. The van der Waals surface area contributed by atoms with Crippen molar-refractivity contribution >= 4 is 29.9 Å². The molecule has 1 aliphatic rings. The number of halogens is 1. The standard InChI is InChI=1S/C19H31N3O3.HI/c1-20-19(21-10-5-11-25-18-8-12-24-13-9-18)22-14-17(15-23)16-6-3-2-4-7-16;/h2-4,6-7,17-18,23H,5,8-15H2,1H3,(H2,20,21,22);1H. The van der Waals surface area contributed by atoms with Gasteiger partial charge in [-0.2, -0.15) is 0 Å². The number of aliphatic hydroxyl groups is 1. The quantitative estimate of drug-likeness (QED) is 0.220. The second-order valence-electron chi connectivity index (χ2n) is 6.21. The average Bonchev–Trinajstić information content (AvgIpc) is 2.68. The zero-order valence-electron chi connectivity index (χ0n) is 15.5. The van der Waals surface area contributed by atoms with Crippen molar-refractivity contribution in [1.82, 2.24) is 10.6 Å². The highest BCUT2D eigenvalue weighted by Crippen LogP contribution is 2.13. The monoisotopic (exact) mass is 477 g/mol. The first-order valence-electron chi connectivity index (χ1n) is 9.13. The Hall–Kier alpha value is -0.900. The van der Waals surface area contributed by atoms with Crippen LogP contribution in [-0.2, 0) is 9.47 Å². The highest BCUT2D eigenvalue weighted by molar-refractivity contribution is 14.0. The van der Waals surface area contributed by atoms with Crippen molar-refractivity contribution in [2.45, 2.75) is 31.3 Å². The Labute approximate surface area is 173 Å². The van der Waals surface area contributed by atoms with Crippen molar-refractivity contribution in [3.63, 3.8) is 0 Å². The fourth-order valence-electron chi connectivity index (χ4n) is 2.83. The van der Waals surface area contributed by atoms with Gasteiger partial charge in [0, 0.05) is 45.9 Å². The molecule has 148 valence electrons. The predicted octanol–water partition coefficient (Wildman–Crippen LogP) is 2.13. The molecule has 3 N–H and O–H groups in total. The summed E-state index contributed by atoms with van der Waals surface area (Å²) in [7, 11) is 1.75. The third kappa shape index (κ3) is 8.66. The summed E-state index contributed by atoms with van der Waals surface area (Å²) in [5.41, 5.74) is 1.12. The molecule has 1 heterocycles. The summed E-state index contributed by atoms with van der Waals surface area (Å²) < 4.78 is 11.2. The maximum atomic E-state index is 9.61. The van der Waals surface area contributed by atoms with Crippen molar-refractivity contribution in [3.05, 3.63) is 35.9 Å². The minimum Gasteiger partial charge on any atom is -0.396 e. The molecule has 1 saturated heterocycles. The number of aliphatic hydroxyl groups excluding tert-OH is 1. The second-order valence-corrected chi connectivity index (χ2v) is 6.21. The molecule has 6 nitrogen and oxygen atoms in total. The lowest BCUT2D eigenvalue weighted by Crippen LogP contribution is -2.40. The molecule has 0 amide bonds. The fourth-order valence-corrected chi connectivity index (χ4v) is 2.83. The van der Waals surface area contributed by atoms with E-state index >= 15 is 0 Å². The van der Waals surface area contributed by atoms with Gasteiger partial charge in [0.25, 0.3) is 0 Å². The number of nitrogens with one attached hydrogen (secondary N) is 2. The van der Waals surface area contributed by atoms with E-state index in [1.807, 2.05) is 30.3 Å². The molecule has 2 rings (SSSR count). The molecule has 26 heavy (non-hydrogen) atoms. The van der Waals surface area contributed by atoms with E-state index in [1.165, 1.54) is 0 Å². The first kappa shape index (κ1) is 23.1. The molecule has 1 atom stereocenters. The lowest BCUT2D eigenvalue weighted by Gasteiger charge is -2.22. The number of rotatable bonds is 9. The third-order valence-electron chi connectivity index (χ3n) is 4.37. The van der Waals surface area contributed by atoms with Gasteiger partial charge in [-0.05, 0) is 24.8 Å². The maximum Gasteiger partial charge on any atom is 0.191 e. The lowest BCUT2D eigenvalue weighted by molar-refractivity contribution is -0.0320. The van der Waals surface area contributed by atoms with Gasteiger partial charge in [-0.25, -0.2) is 0 Å². The van der Waals surface area contributed by atoms with Gasteiger partial charge in [-0.15, -0.1) is 24.0 Å². The van der Waals surface area contributed by atoms with Crippen LogP contribution in [-0.4, -0.2) is 63.7 Å². The molecule has 0 radical (unpaired) electrons. The van der Waals surface area contributed by atoms with Gasteiger partial charge >= 0.3 is 0 Å². The summed E-state index contributed by atoms with van der Waals surface area (Å²) in [6.07, 6.45) is 3.28. The van der Waals surface area contributed by atoms with Gasteiger partial charge < -0.3 is 25.2 Å². The highest BCUT2D eigenvalue weighted by atomic mass is 127. The van der Waals surface area contributed by atoms with E-state index in [2.05, 4.69) is 15.6 Å². The Kier molecular flexibility index (Phi) is 12.6. The molecule has 0 aromatic heterocycles. The number of ether oxygens (including phenoxy) is 2. The van der Waals surface area contributed by atoms with Crippen LogP contribution < -0.4 is 10.6 Å². The molecule has 0 bridgehead atoms. The van der Waals surface area contributed by atoms with Gasteiger partial charge in [0.05, 0.1) is 12.7 Å². The Balaban J connectivity index is 0.00000338. The van der Waals surface area contributed by atoms with E-state index < -0.39 is 0 Å². The number of nitrogens with zero attached hydrogens (tertiary/aromatic N) is 1. The lowest BCUT2D eigenvalue weighted by atomic mass is 10.0. The van der Waals surface area contributed by atoms with Gasteiger partial charge in [0.15, 0.2) is 5.96 Å². The molecule has 1 aromatic carbocycles. The fraction of sp³-hybridized carbons (Fsp3) is 0.632. The van der Waals surface area contributed by atoms with Crippen molar-refractivity contribution < 1.29 is 14.6 Å². The first-order valence-corrected chi connectivity index (χ1v) is 9.13. The number of benzene rings is 1. The Bertz CT molecular complexity index is 496. The van der Waals surface area contributed by atoms with Gasteiger partial charge in [0.1, 0.15) is 0 Å². The second kappa shape index (κ2) is 14.2. The molecular formula is C19H32IN3O3. The van der Waals surface area contributed by atoms with Crippen LogP contribution in [0, 0.1) is 0 Å². The van der Waals surface area contributed by atoms with E-state index in [9.17, 15) is 5.11 Å². The van der Waals surface area contributed by atoms with Crippen LogP contribution in [0.25, 0.3) is 0 Å². The highest BCUT2D eigenvalue weighted by Gasteiger charge is 2.13. The van der Waals surface area contributed by atoms with Crippen LogP contribution in [0.4, 0.5) is 0 Å². The van der Waals surface area contributed by atoms with Crippen LogP contribution in [0.1, 0.15) is 30.7 Å². The van der Waals surface area contributed by atoms with Crippen molar-refractivity contribution in [1.29, 1.82) is 0 Å². The molecule has 7 heteroatoms. The summed E-state index contributed by atoms with van der Waals surface area (Å²) in [5.74, 6) is 0.803. The van der Waals surface area contributed by atoms with Crippen molar-refractivity contribution in [2.24, 2.45) is 4.99 Å². The molecule has 1 aromatic rings. The Morgan fingerprint density at radius 2 is 2.00 bits per heavy atom. The largest absolute Gasteiger partial charge is 0.396 e. The number of aliphatic imine (C=N–C) groups is 1. The number of hydrogen-bond acceptors (Lipinski definition) is 4. The molecule has 0 spiro atoms. The Morgan fingerprint density at radius 1 is 1.27 bits per heavy atom. The average molecular weight is 477 g/mol. The van der Waals surface area contributed by atoms with E-state index in [4.69, 9.17) is 9.47 Å². The minimum atomic E-state index is 0. The summed E-state index contributed by atoms with van der Waals surface area (Å²) >= 11 is 0. The van der Waals surface area contributed by atoms with Crippen LogP contribution in [0.2, 0.25) is 0 Å². The van der Waals surface area contributed by atoms with E-state index in [1.54, 1.807) is 7.05 Å². The smallest absolute Gasteiger partial charge is 0.191 e. The van der Waals surface area contributed by atoms with Gasteiger partial charge in [0.2, 0.25) is 0 Å². The molecular weight excluding hydrogens is 445 g/mol. The number of hydrogen-bond donors (Lipinski definition) is 3. The molecule has 1 aliphatic heterocycles. The zero-order chi connectivity index (χ0) is 17.7. The maximum absolute atomic E-state index is 9.61. The zero-order valence-corrected chi connectivity index (χ0v) is 17.9. The molecule has 0 aliphatic carbocycles. The van der Waals surface area contributed by atoms with Crippen molar-refractivity contribution in [2.75, 3.05) is 46.6 Å². The molecule has 1 fully saturated rings.